The van der Waals surface area contributed by atoms with E-state index >= 15 is 0 Å². The summed E-state index contributed by atoms with van der Waals surface area (Å²) in [5.74, 6) is -0.835. The van der Waals surface area contributed by atoms with Crippen molar-refractivity contribution in [1.82, 2.24) is 0 Å². The molecule has 0 spiro atoms. The number of hydrogen-bond acceptors (Lipinski definition) is 1. The highest BCUT2D eigenvalue weighted by Gasteiger charge is 2.33. The van der Waals surface area contributed by atoms with Gasteiger partial charge in [0.2, 0.25) is 0 Å². The number of carboxylic acid groups (broad SMARTS) is 1. The highest BCUT2D eigenvalue weighted by atomic mass is 16.4. The number of rotatable bonds is 4. The quantitative estimate of drug-likeness (QED) is 0.655. The van der Waals surface area contributed by atoms with E-state index in [9.17, 15) is 4.79 Å². The summed E-state index contributed by atoms with van der Waals surface area (Å²) in [6.45, 7) is 12.6. The fraction of sp³-hybridized carbons (Fsp3) is 0.500. The second-order valence-electron chi connectivity index (χ2n) is 3.55. The van der Waals surface area contributed by atoms with Crippen LogP contribution >= 0.6 is 0 Å². The zero-order chi connectivity index (χ0) is 9.94. The van der Waals surface area contributed by atoms with Gasteiger partial charge in [-0.25, -0.2) is 0 Å². The van der Waals surface area contributed by atoms with Crippen molar-refractivity contribution in [2.75, 3.05) is 0 Å². The molecule has 0 fully saturated rings. The van der Waals surface area contributed by atoms with Crippen molar-refractivity contribution in [3.8, 4) is 0 Å². The average Bonchev–Trinajstić information content (AvgIpc) is 1.84. The van der Waals surface area contributed by atoms with Crippen molar-refractivity contribution in [1.29, 1.82) is 0 Å². The van der Waals surface area contributed by atoms with Crippen LogP contribution in [0.15, 0.2) is 24.3 Å². The molecule has 2 heteroatoms. The minimum Gasteiger partial charge on any atom is -0.481 e. The van der Waals surface area contributed by atoms with Gasteiger partial charge >= 0.3 is 5.97 Å². The number of carboxylic acids is 1. The Labute approximate surface area is 73.6 Å². The van der Waals surface area contributed by atoms with Gasteiger partial charge in [0.25, 0.3) is 0 Å². The molecule has 0 saturated heterocycles. The topological polar surface area (TPSA) is 37.3 Å². The Kier molecular flexibility index (Phi) is 3.25. The van der Waals surface area contributed by atoms with Crippen molar-refractivity contribution in [3.63, 3.8) is 0 Å². The van der Waals surface area contributed by atoms with E-state index in [1.807, 2.05) is 6.92 Å². The van der Waals surface area contributed by atoms with Crippen LogP contribution in [0.25, 0.3) is 0 Å². The van der Waals surface area contributed by atoms with Gasteiger partial charge in [-0.2, -0.15) is 0 Å². The van der Waals surface area contributed by atoms with Crippen LogP contribution < -0.4 is 0 Å². The van der Waals surface area contributed by atoms with Gasteiger partial charge in [-0.05, 0) is 27.2 Å². The molecule has 1 unspecified atom stereocenters. The maximum atomic E-state index is 10.9. The molecule has 68 valence electrons. The largest absolute Gasteiger partial charge is 0.481 e. The Morgan fingerprint density at radius 3 is 1.92 bits per heavy atom. The standard InChI is InChI=1S/C10H16O2/c1-7(2)6-10(5,8(3)4)9(11)12/h1,3,6H2,2,4-5H3,(H,11,12). The van der Waals surface area contributed by atoms with Crippen LogP contribution in [-0.2, 0) is 4.79 Å². The van der Waals surface area contributed by atoms with E-state index in [4.69, 9.17) is 5.11 Å². The molecule has 1 atom stereocenters. The minimum absolute atomic E-state index is 0.456. The first-order chi connectivity index (χ1) is 5.30. The van der Waals surface area contributed by atoms with Gasteiger partial charge in [-0.15, -0.1) is 6.58 Å². The summed E-state index contributed by atoms with van der Waals surface area (Å²) in [5, 5.41) is 8.95. The molecule has 0 aliphatic heterocycles. The highest BCUT2D eigenvalue weighted by Crippen LogP contribution is 2.32. The summed E-state index contributed by atoms with van der Waals surface area (Å²) < 4.78 is 0. The van der Waals surface area contributed by atoms with E-state index in [2.05, 4.69) is 13.2 Å². The fourth-order valence-electron chi connectivity index (χ4n) is 1.01. The normalized spacial score (nSPS) is 14.9. The summed E-state index contributed by atoms with van der Waals surface area (Å²) >= 11 is 0. The van der Waals surface area contributed by atoms with Gasteiger partial charge < -0.3 is 5.11 Å². The molecule has 2 nitrogen and oxygen atoms in total. The summed E-state index contributed by atoms with van der Waals surface area (Å²) in [7, 11) is 0. The van der Waals surface area contributed by atoms with Crippen LogP contribution in [0, 0.1) is 5.41 Å². The maximum absolute atomic E-state index is 10.9. The molecule has 0 saturated carbocycles. The van der Waals surface area contributed by atoms with Crippen LogP contribution in [0.2, 0.25) is 0 Å². The smallest absolute Gasteiger partial charge is 0.313 e. The average molecular weight is 168 g/mol. The van der Waals surface area contributed by atoms with Gasteiger partial charge in [0.1, 0.15) is 0 Å². The molecule has 0 rings (SSSR count). The van der Waals surface area contributed by atoms with Gasteiger partial charge in [-0.1, -0.05) is 17.7 Å². The first-order valence-electron chi connectivity index (χ1n) is 3.84. The van der Waals surface area contributed by atoms with Crippen molar-refractivity contribution >= 4 is 5.97 Å². The predicted molar refractivity (Wildman–Crippen MR) is 50.0 cm³/mol. The summed E-state index contributed by atoms with van der Waals surface area (Å²) in [4.78, 5) is 10.9. The molecule has 0 aromatic carbocycles. The van der Waals surface area contributed by atoms with E-state index in [0.717, 1.165) is 5.57 Å². The lowest BCUT2D eigenvalue weighted by molar-refractivity contribution is -0.145. The van der Waals surface area contributed by atoms with E-state index in [1.54, 1.807) is 13.8 Å². The lowest BCUT2D eigenvalue weighted by atomic mass is 9.79. The van der Waals surface area contributed by atoms with Crippen LogP contribution in [-0.4, -0.2) is 11.1 Å². The number of hydrogen-bond donors (Lipinski definition) is 1. The van der Waals surface area contributed by atoms with Crippen molar-refractivity contribution < 1.29 is 9.90 Å². The van der Waals surface area contributed by atoms with E-state index in [1.165, 1.54) is 0 Å². The zero-order valence-corrected chi connectivity index (χ0v) is 7.98. The van der Waals surface area contributed by atoms with Crippen LogP contribution in [0.1, 0.15) is 27.2 Å². The van der Waals surface area contributed by atoms with E-state index in [0.29, 0.717) is 12.0 Å². The van der Waals surface area contributed by atoms with Gasteiger partial charge in [0.15, 0.2) is 0 Å². The lowest BCUT2D eigenvalue weighted by Crippen LogP contribution is -2.28. The second-order valence-corrected chi connectivity index (χ2v) is 3.55. The molecule has 0 aliphatic carbocycles. The van der Waals surface area contributed by atoms with Crippen LogP contribution in [0.5, 0.6) is 0 Å². The number of carbonyl (C=O) groups is 1. The highest BCUT2D eigenvalue weighted by molar-refractivity contribution is 5.78. The van der Waals surface area contributed by atoms with Gasteiger partial charge in [0.05, 0.1) is 5.41 Å². The van der Waals surface area contributed by atoms with Gasteiger partial charge in [-0.3, -0.25) is 4.79 Å². The molecular weight excluding hydrogens is 152 g/mol. The third-order valence-electron chi connectivity index (χ3n) is 2.07. The Morgan fingerprint density at radius 1 is 1.42 bits per heavy atom. The van der Waals surface area contributed by atoms with E-state index in [-0.39, 0.29) is 0 Å². The maximum Gasteiger partial charge on any atom is 0.313 e. The zero-order valence-electron chi connectivity index (χ0n) is 7.98. The number of allylic oxidation sites excluding steroid dienone is 1. The Bertz CT molecular complexity index is 212. The molecular formula is C10H16O2. The first-order valence-corrected chi connectivity index (χ1v) is 3.84. The molecule has 0 amide bonds. The fourth-order valence-corrected chi connectivity index (χ4v) is 1.01. The van der Waals surface area contributed by atoms with Crippen LogP contribution in [0.4, 0.5) is 0 Å². The molecule has 0 aromatic rings. The van der Waals surface area contributed by atoms with E-state index < -0.39 is 11.4 Å². The molecule has 0 heterocycles. The lowest BCUT2D eigenvalue weighted by Gasteiger charge is -2.25. The van der Waals surface area contributed by atoms with Crippen molar-refractivity contribution in [2.24, 2.45) is 5.41 Å². The molecule has 0 bridgehead atoms. The predicted octanol–water partition coefficient (Wildman–Crippen LogP) is 2.62. The van der Waals surface area contributed by atoms with Crippen molar-refractivity contribution in [3.05, 3.63) is 24.3 Å². The Morgan fingerprint density at radius 2 is 1.83 bits per heavy atom. The van der Waals surface area contributed by atoms with Crippen LogP contribution in [0.3, 0.4) is 0 Å². The van der Waals surface area contributed by atoms with Gasteiger partial charge in [0, 0.05) is 0 Å². The third kappa shape index (κ3) is 2.22. The summed E-state index contributed by atoms with van der Waals surface area (Å²) in [6.07, 6.45) is 0.456. The molecule has 1 N–H and O–H groups in total. The SMILES string of the molecule is C=C(C)CC(C)(C(=C)C)C(=O)O. The molecule has 0 aliphatic rings. The Balaban J connectivity index is 4.75. The van der Waals surface area contributed by atoms with Crippen molar-refractivity contribution in [2.45, 2.75) is 27.2 Å². The molecule has 0 radical (unpaired) electrons. The molecule has 0 aromatic heterocycles. The third-order valence-corrected chi connectivity index (χ3v) is 2.07. The monoisotopic (exact) mass is 168 g/mol. The first kappa shape index (κ1) is 11.0. The molecule has 12 heavy (non-hydrogen) atoms. The summed E-state index contributed by atoms with van der Waals surface area (Å²) in [6, 6.07) is 0. The Hall–Kier alpha value is -1.05. The summed E-state index contributed by atoms with van der Waals surface area (Å²) in [5.41, 5.74) is 0.673. The minimum atomic E-state index is -0.855. The number of aliphatic carboxylic acids is 1. The second kappa shape index (κ2) is 3.57.